The van der Waals surface area contributed by atoms with Crippen LogP contribution in [-0.2, 0) is 0 Å². The maximum absolute atomic E-state index is 13.0. The second-order valence-electron chi connectivity index (χ2n) is 8.23. The summed E-state index contributed by atoms with van der Waals surface area (Å²) >= 11 is 0. The van der Waals surface area contributed by atoms with E-state index in [9.17, 15) is 4.79 Å². The number of imidazole rings is 1. The van der Waals surface area contributed by atoms with Gasteiger partial charge in [0.2, 0.25) is 0 Å². The van der Waals surface area contributed by atoms with Gasteiger partial charge in [-0.25, -0.2) is 9.78 Å². The highest BCUT2D eigenvalue weighted by atomic mass is 16.5. The fourth-order valence-corrected chi connectivity index (χ4v) is 4.29. The van der Waals surface area contributed by atoms with E-state index in [1.807, 2.05) is 36.2 Å². The van der Waals surface area contributed by atoms with Crippen molar-refractivity contribution in [3.05, 3.63) is 60.7 Å². The van der Waals surface area contributed by atoms with Gasteiger partial charge in [-0.2, -0.15) is 0 Å². The van der Waals surface area contributed by atoms with Gasteiger partial charge in [0.15, 0.2) is 0 Å². The molecule has 2 aromatic rings. The molecule has 6 heteroatoms. The predicted octanol–water partition coefficient (Wildman–Crippen LogP) is 4.40. The summed E-state index contributed by atoms with van der Waals surface area (Å²) in [6.45, 7) is 4.24. The maximum atomic E-state index is 13.0. The first-order valence-electron chi connectivity index (χ1n) is 10.6. The zero-order chi connectivity index (χ0) is 21.1. The number of aromatic nitrogens is 2. The van der Waals surface area contributed by atoms with Crippen LogP contribution in [0, 0.1) is 5.92 Å². The second-order valence-corrected chi connectivity index (χ2v) is 8.23. The molecule has 0 saturated carbocycles. The van der Waals surface area contributed by atoms with E-state index in [4.69, 9.17) is 4.74 Å². The molecule has 6 nitrogen and oxygen atoms in total. The number of piperidine rings is 1. The number of hydrogen-bond donors (Lipinski definition) is 0. The molecule has 2 aliphatic rings. The van der Waals surface area contributed by atoms with Crippen molar-refractivity contribution in [3.63, 3.8) is 0 Å². The molecule has 0 radical (unpaired) electrons. The van der Waals surface area contributed by atoms with Gasteiger partial charge in [0.05, 0.1) is 12.8 Å². The minimum Gasteiger partial charge on any atom is -0.497 e. The molecule has 1 amide bonds. The van der Waals surface area contributed by atoms with Crippen LogP contribution in [0.25, 0.3) is 11.3 Å². The van der Waals surface area contributed by atoms with E-state index in [0.29, 0.717) is 5.92 Å². The molecular weight excluding hydrogens is 376 g/mol. The average Bonchev–Trinajstić information content (AvgIpc) is 3.28. The van der Waals surface area contributed by atoms with Crippen molar-refractivity contribution in [1.82, 2.24) is 19.4 Å². The number of benzene rings is 1. The van der Waals surface area contributed by atoms with Crippen molar-refractivity contribution in [3.8, 4) is 17.0 Å². The molecule has 1 aromatic heterocycles. The second kappa shape index (κ2) is 8.78. The van der Waals surface area contributed by atoms with Crippen molar-refractivity contribution in [1.29, 1.82) is 0 Å². The fraction of sp³-hybridized carbons (Fsp3) is 0.417. The molecule has 0 bridgehead atoms. The Labute approximate surface area is 178 Å². The molecule has 1 aliphatic carbocycles. The molecule has 1 aromatic carbocycles. The summed E-state index contributed by atoms with van der Waals surface area (Å²) in [5.41, 5.74) is 3.12. The quantitative estimate of drug-likeness (QED) is 0.755. The molecule has 2 heterocycles. The lowest BCUT2D eigenvalue weighted by Gasteiger charge is -2.39. The summed E-state index contributed by atoms with van der Waals surface area (Å²) in [6.07, 6.45) is 13.1. The SMILES string of the molecule is COc1cccc(-c2cn(C(=O)N(C)C3CCN(C4=CC=CC(C)C4)CC3)cn2)c1. The van der Waals surface area contributed by atoms with E-state index >= 15 is 0 Å². The molecule has 1 atom stereocenters. The Bertz CT molecular complexity index is 954. The highest BCUT2D eigenvalue weighted by Gasteiger charge is 2.27. The number of amides is 1. The van der Waals surface area contributed by atoms with Crippen LogP contribution in [0.15, 0.2) is 60.7 Å². The number of methoxy groups -OCH3 is 1. The smallest absolute Gasteiger partial charge is 0.329 e. The largest absolute Gasteiger partial charge is 0.497 e. The number of hydrogen-bond acceptors (Lipinski definition) is 4. The third-order valence-electron chi connectivity index (χ3n) is 6.15. The van der Waals surface area contributed by atoms with Crippen molar-refractivity contribution >= 4 is 6.03 Å². The van der Waals surface area contributed by atoms with Gasteiger partial charge in [0.1, 0.15) is 12.1 Å². The maximum Gasteiger partial charge on any atom is 0.329 e. The van der Waals surface area contributed by atoms with Crippen molar-refractivity contribution in [2.75, 3.05) is 27.2 Å². The number of carbonyl (C=O) groups excluding carboxylic acids is 1. The minimum atomic E-state index is -0.0384. The van der Waals surface area contributed by atoms with Crippen LogP contribution < -0.4 is 4.74 Å². The predicted molar refractivity (Wildman–Crippen MR) is 118 cm³/mol. The van der Waals surface area contributed by atoms with Crippen LogP contribution in [0.1, 0.15) is 26.2 Å². The molecular formula is C24H30N4O2. The Hall–Kier alpha value is -3.02. The zero-order valence-corrected chi connectivity index (χ0v) is 18.0. The first-order valence-corrected chi connectivity index (χ1v) is 10.6. The zero-order valence-electron chi connectivity index (χ0n) is 18.0. The van der Waals surface area contributed by atoms with E-state index in [1.165, 1.54) is 5.70 Å². The summed E-state index contributed by atoms with van der Waals surface area (Å²) in [7, 11) is 3.54. The van der Waals surface area contributed by atoms with Gasteiger partial charge < -0.3 is 14.5 Å². The Morgan fingerprint density at radius 1 is 1.27 bits per heavy atom. The third-order valence-corrected chi connectivity index (χ3v) is 6.15. The molecule has 4 rings (SSSR count). The number of allylic oxidation sites excluding steroid dienone is 4. The van der Waals surface area contributed by atoms with E-state index in [0.717, 1.165) is 49.4 Å². The van der Waals surface area contributed by atoms with Gasteiger partial charge in [0.25, 0.3) is 0 Å². The summed E-state index contributed by atoms with van der Waals surface area (Å²) in [5, 5.41) is 0. The van der Waals surface area contributed by atoms with E-state index in [2.05, 4.69) is 35.0 Å². The number of nitrogens with zero attached hydrogens (tertiary/aromatic N) is 4. The van der Waals surface area contributed by atoms with E-state index < -0.39 is 0 Å². The first-order chi connectivity index (χ1) is 14.5. The van der Waals surface area contributed by atoms with Gasteiger partial charge in [0, 0.05) is 43.6 Å². The highest BCUT2D eigenvalue weighted by Crippen LogP contribution is 2.26. The number of rotatable bonds is 4. The van der Waals surface area contributed by atoms with E-state index in [1.54, 1.807) is 24.2 Å². The molecule has 1 saturated heterocycles. The van der Waals surface area contributed by atoms with Crippen molar-refractivity contribution in [2.24, 2.45) is 5.92 Å². The summed E-state index contributed by atoms with van der Waals surface area (Å²) < 4.78 is 6.87. The summed E-state index contributed by atoms with van der Waals surface area (Å²) in [5.74, 6) is 1.38. The third kappa shape index (κ3) is 4.27. The van der Waals surface area contributed by atoms with Crippen molar-refractivity contribution < 1.29 is 9.53 Å². The van der Waals surface area contributed by atoms with Gasteiger partial charge >= 0.3 is 6.03 Å². The van der Waals surface area contributed by atoms with Gasteiger partial charge in [-0.3, -0.25) is 4.57 Å². The van der Waals surface area contributed by atoms with Crippen molar-refractivity contribution in [2.45, 2.75) is 32.2 Å². The number of carbonyl (C=O) groups is 1. The van der Waals surface area contributed by atoms with Crippen LogP contribution in [-0.4, -0.2) is 58.7 Å². The van der Waals surface area contributed by atoms with Crippen LogP contribution in [0.5, 0.6) is 5.75 Å². The summed E-state index contributed by atoms with van der Waals surface area (Å²) in [6, 6.07) is 7.91. The van der Waals surface area contributed by atoms with Crippen LogP contribution in [0.3, 0.4) is 0 Å². The number of likely N-dealkylation sites (tertiary alicyclic amines) is 1. The van der Waals surface area contributed by atoms with Gasteiger partial charge in [-0.05, 0) is 43.4 Å². The first kappa shape index (κ1) is 20.3. The molecule has 1 fully saturated rings. The average molecular weight is 407 g/mol. The Morgan fingerprint density at radius 3 is 2.80 bits per heavy atom. The highest BCUT2D eigenvalue weighted by molar-refractivity contribution is 5.78. The summed E-state index contributed by atoms with van der Waals surface area (Å²) in [4.78, 5) is 21.8. The Kier molecular flexibility index (Phi) is 5.93. The molecule has 30 heavy (non-hydrogen) atoms. The standard InChI is InChI=1S/C24H30N4O2/c1-18-6-4-8-21(14-18)27-12-10-20(11-13-27)26(2)24(29)28-16-23(25-17-28)19-7-5-9-22(15-19)30-3/h4-9,15-18,20H,10-14H2,1-3H3. The Balaban J connectivity index is 1.38. The molecule has 158 valence electrons. The number of ether oxygens (including phenoxy) is 1. The van der Waals surface area contributed by atoms with Crippen LogP contribution in [0.2, 0.25) is 0 Å². The molecule has 0 spiro atoms. The lowest BCUT2D eigenvalue weighted by Crippen LogP contribution is -2.46. The monoisotopic (exact) mass is 406 g/mol. The normalized spacial score (nSPS) is 19.5. The minimum absolute atomic E-state index is 0.0384. The van der Waals surface area contributed by atoms with Gasteiger partial charge in [-0.15, -0.1) is 0 Å². The Morgan fingerprint density at radius 2 is 2.07 bits per heavy atom. The fourth-order valence-electron chi connectivity index (χ4n) is 4.29. The van der Waals surface area contributed by atoms with Crippen LogP contribution in [0.4, 0.5) is 4.79 Å². The molecule has 0 N–H and O–H groups in total. The van der Waals surface area contributed by atoms with Crippen LogP contribution >= 0.6 is 0 Å². The molecule has 1 aliphatic heterocycles. The van der Waals surface area contributed by atoms with Gasteiger partial charge in [-0.1, -0.05) is 31.2 Å². The van der Waals surface area contributed by atoms with E-state index in [-0.39, 0.29) is 12.1 Å². The molecule has 1 unspecified atom stereocenters. The topological polar surface area (TPSA) is 50.6 Å². The lowest BCUT2D eigenvalue weighted by molar-refractivity contribution is 0.149. The lowest BCUT2D eigenvalue weighted by atomic mass is 9.96.